The Labute approximate surface area is 211 Å². The molecule has 0 aliphatic rings. The second kappa shape index (κ2) is 10.9. The van der Waals surface area contributed by atoms with E-state index in [1.54, 1.807) is 25.1 Å². The van der Waals surface area contributed by atoms with Crippen molar-refractivity contribution in [3.05, 3.63) is 63.6 Å². The maximum atomic E-state index is 13.6. The van der Waals surface area contributed by atoms with E-state index in [0.29, 0.717) is 5.69 Å². The predicted molar refractivity (Wildman–Crippen MR) is 140 cm³/mol. The van der Waals surface area contributed by atoms with Gasteiger partial charge in [-0.3, -0.25) is 13.9 Å². The zero-order valence-corrected chi connectivity index (χ0v) is 23.2. The number of aryl methyl sites for hydroxylation is 2. The SMILES string of the molecule is Cc1cc(N(CC(=O)N(Cc2ccccc2C)[C@@H](C)C(=O)NC(C)(C)C)S(C)(=O)=O)ccc1Br. The fourth-order valence-electron chi connectivity index (χ4n) is 3.43. The number of nitrogens with one attached hydrogen (secondary N) is 1. The third kappa shape index (κ3) is 7.56. The first-order valence-corrected chi connectivity index (χ1v) is 13.6. The Bertz CT molecular complexity index is 1160. The van der Waals surface area contributed by atoms with Gasteiger partial charge in [0.15, 0.2) is 0 Å². The molecule has 0 fully saturated rings. The van der Waals surface area contributed by atoms with Crippen LogP contribution < -0.4 is 9.62 Å². The van der Waals surface area contributed by atoms with Crippen LogP contribution in [0.1, 0.15) is 44.4 Å². The van der Waals surface area contributed by atoms with Gasteiger partial charge in [0.2, 0.25) is 21.8 Å². The smallest absolute Gasteiger partial charge is 0.244 e. The number of sulfonamides is 1. The Kier molecular flexibility index (Phi) is 8.93. The van der Waals surface area contributed by atoms with E-state index in [-0.39, 0.29) is 12.5 Å². The lowest BCUT2D eigenvalue weighted by atomic mass is 10.1. The van der Waals surface area contributed by atoms with Crippen LogP contribution in [0.3, 0.4) is 0 Å². The molecule has 1 N–H and O–H groups in total. The van der Waals surface area contributed by atoms with Crippen molar-refractivity contribution >= 4 is 43.5 Å². The van der Waals surface area contributed by atoms with Gasteiger partial charge in [0.25, 0.3) is 0 Å². The number of amides is 2. The van der Waals surface area contributed by atoms with E-state index in [1.165, 1.54) is 4.90 Å². The number of carbonyl (C=O) groups excluding carboxylic acids is 2. The number of rotatable bonds is 8. The van der Waals surface area contributed by atoms with Gasteiger partial charge < -0.3 is 10.2 Å². The summed E-state index contributed by atoms with van der Waals surface area (Å²) in [5.41, 5.74) is 2.62. The molecule has 0 heterocycles. The third-order valence-electron chi connectivity index (χ3n) is 5.38. The van der Waals surface area contributed by atoms with Crippen LogP contribution in [0.15, 0.2) is 46.9 Å². The van der Waals surface area contributed by atoms with Crippen LogP contribution in [0.5, 0.6) is 0 Å². The molecular weight excluding hydrogens is 518 g/mol. The Morgan fingerprint density at radius 2 is 1.68 bits per heavy atom. The van der Waals surface area contributed by atoms with Crippen LogP contribution in [0.2, 0.25) is 0 Å². The standard InChI is InChI=1S/C25H34BrN3O4S/c1-17-10-8-9-11-20(17)15-28(19(3)24(31)27-25(4,5)6)23(30)16-29(34(7,32)33)21-12-13-22(26)18(2)14-21/h8-14,19H,15-16H2,1-7H3,(H,27,31)/t19-/m0/s1. The molecule has 0 unspecified atom stereocenters. The van der Waals surface area contributed by atoms with E-state index >= 15 is 0 Å². The minimum absolute atomic E-state index is 0.182. The number of anilines is 1. The molecule has 2 amide bonds. The Balaban J connectivity index is 2.44. The average Bonchev–Trinajstić information content (AvgIpc) is 2.70. The average molecular weight is 553 g/mol. The van der Waals surface area contributed by atoms with Crippen molar-refractivity contribution in [2.45, 2.75) is 59.7 Å². The predicted octanol–water partition coefficient (Wildman–Crippen LogP) is 4.16. The zero-order chi connectivity index (χ0) is 25.8. The van der Waals surface area contributed by atoms with Gasteiger partial charge in [-0.1, -0.05) is 40.2 Å². The van der Waals surface area contributed by atoms with Crippen molar-refractivity contribution in [3.63, 3.8) is 0 Å². The second-order valence-electron chi connectivity index (χ2n) is 9.57. The monoisotopic (exact) mass is 551 g/mol. The molecule has 186 valence electrons. The molecule has 0 aromatic heterocycles. The third-order valence-corrected chi connectivity index (χ3v) is 7.41. The highest BCUT2D eigenvalue weighted by Gasteiger charge is 2.31. The molecule has 2 rings (SSSR count). The van der Waals surface area contributed by atoms with Crippen LogP contribution in [0.4, 0.5) is 5.69 Å². The summed E-state index contributed by atoms with van der Waals surface area (Å²) in [6, 6.07) is 11.9. The molecule has 0 aliphatic carbocycles. The molecule has 0 radical (unpaired) electrons. The molecule has 2 aromatic rings. The number of benzene rings is 2. The van der Waals surface area contributed by atoms with Gasteiger partial charge in [-0.05, 0) is 76.4 Å². The van der Waals surface area contributed by atoms with Gasteiger partial charge in [-0.2, -0.15) is 0 Å². The van der Waals surface area contributed by atoms with Gasteiger partial charge in [-0.25, -0.2) is 8.42 Å². The molecule has 0 aliphatic heterocycles. The van der Waals surface area contributed by atoms with Gasteiger partial charge in [0.1, 0.15) is 12.6 Å². The van der Waals surface area contributed by atoms with Crippen LogP contribution >= 0.6 is 15.9 Å². The van der Waals surface area contributed by atoms with Gasteiger partial charge in [-0.15, -0.1) is 0 Å². The van der Waals surface area contributed by atoms with E-state index in [4.69, 9.17) is 0 Å². The van der Waals surface area contributed by atoms with Crippen LogP contribution in [0.25, 0.3) is 0 Å². The number of hydrogen-bond donors (Lipinski definition) is 1. The zero-order valence-electron chi connectivity index (χ0n) is 20.8. The lowest BCUT2D eigenvalue weighted by Gasteiger charge is -2.33. The maximum Gasteiger partial charge on any atom is 0.244 e. The summed E-state index contributed by atoms with van der Waals surface area (Å²) < 4.78 is 27.2. The number of carbonyl (C=O) groups is 2. The summed E-state index contributed by atoms with van der Waals surface area (Å²) in [6.45, 7) is 10.8. The highest BCUT2D eigenvalue weighted by Crippen LogP contribution is 2.25. The highest BCUT2D eigenvalue weighted by atomic mass is 79.9. The fourth-order valence-corrected chi connectivity index (χ4v) is 4.51. The second-order valence-corrected chi connectivity index (χ2v) is 12.3. The van der Waals surface area contributed by atoms with E-state index < -0.39 is 34.1 Å². The molecule has 0 saturated carbocycles. The lowest BCUT2D eigenvalue weighted by Crippen LogP contribution is -2.54. The summed E-state index contributed by atoms with van der Waals surface area (Å²) in [4.78, 5) is 28.0. The van der Waals surface area contributed by atoms with E-state index in [9.17, 15) is 18.0 Å². The first-order chi connectivity index (χ1) is 15.6. The summed E-state index contributed by atoms with van der Waals surface area (Å²) in [5.74, 6) is -0.773. The van der Waals surface area contributed by atoms with Crippen LogP contribution in [0, 0.1) is 13.8 Å². The molecule has 0 bridgehead atoms. The van der Waals surface area contributed by atoms with Crippen molar-refractivity contribution in [2.75, 3.05) is 17.1 Å². The summed E-state index contributed by atoms with van der Waals surface area (Å²) in [7, 11) is -3.76. The molecule has 0 saturated heterocycles. The van der Waals surface area contributed by atoms with Crippen LogP contribution in [-0.4, -0.2) is 49.5 Å². The van der Waals surface area contributed by atoms with Crippen molar-refractivity contribution < 1.29 is 18.0 Å². The molecule has 7 nitrogen and oxygen atoms in total. The molecular formula is C25H34BrN3O4S. The molecule has 1 atom stereocenters. The topological polar surface area (TPSA) is 86.8 Å². The van der Waals surface area contributed by atoms with Crippen LogP contribution in [-0.2, 0) is 26.2 Å². The summed E-state index contributed by atoms with van der Waals surface area (Å²) in [5, 5.41) is 2.91. The Morgan fingerprint density at radius 3 is 2.21 bits per heavy atom. The van der Waals surface area contributed by atoms with Gasteiger partial charge in [0, 0.05) is 16.6 Å². The molecule has 0 spiro atoms. The molecule has 2 aromatic carbocycles. The minimum atomic E-state index is -3.76. The van der Waals surface area contributed by atoms with Gasteiger partial charge >= 0.3 is 0 Å². The molecule has 9 heteroatoms. The van der Waals surface area contributed by atoms with Crippen molar-refractivity contribution in [1.82, 2.24) is 10.2 Å². The summed E-state index contributed by atoms with van der Waals surface area (Å²) >= 11 is 3.42. The van der Waals surface area contributed by atoms with Crippen molar-refractivity contribution in [2.24, 2.45) is 0 Å². The van der Waals surface area contributed by atoms with Crippen molar-refractivity contribution in [1.29, 1.82) is 0 Å². The van der Waals surface area contributed by atoms with Crippen molar-refractivity contribution in [3.8, 4) is 0 Å². The quantitative estimate of drug-likeness (QED) is 0.533. The number of nitrogens with zero attached hydrogens (tertiary/aromatic N) is 2. The first-order valence-electron chi connectivity index (χ1n) is 11.0. The lowest BCUT2D eigenvalue weighted by molar-refractivity contribution is -0.140. The Hall–Kier alpha value is -2.39. The normalized spacial score (nSPS) is 12.7. The number of halogens is 1. The van der Waals surface area contributed by atoms with Gasteiger partial charge in [0.05, 0.1) is 11.9 Å². The van der Waals surface area contributed by atoms with E-state index in [0.717, 1.165) is 31.7 Å². The minimum Gasteiger partial charge on any atom is -0.350 e. The highest BCUT2D eigenvalue weighted by molar-refractivity contribution is 9.10. The van der Waals surface area contributed by atoms with E-state index in [2.05, 4.69) is 21.2 Å². The Morgan fingerprint density at radius 1 is 1.06 bits per heavy atom. The largest absolute Gasteiger partial charge is 0.350 e. The first kappa shape index (κ1) is 27.9. The molecule has 34 heavy (non-hydrogen) atoms. The fraction of sp³-hybridized carbons (Fsp3) is 0.440. The van der Waals surface area contributed by atoms with E-state index in [1.807, 2.05) is 58.9 Å². The number of hydrogen-bond acceptors (Lipinski definition) is 4. The summed E-state index contributed by atoms with van der Waals surface area (Å²) in [6.07, 6.45) is 1.07. The maximum absolute atomic E-state index is 13.6.